The van der Waals surface area contributed by atoms with Crippen molar-refractivity contribution in [2.24, 2.45) is 0 Å². The number of hydrogen-bond donors (Lipinski definition) is 1. The van der Waals surface area contributed by atoms with Crippen molar-refractivity contribution >= 4 is 6.09 Å². The molecule has 0 saturated carbocycles. The monoisotopic (exact) mass is 319 g/mol. The van der Waals surface area contributed by atoms with Crippen LogP contribution in [0, 0.1) is 0 Å². The first-order valence-electron chi connectivity index (χ1n) is 8.49. The maximum atomic E-state index is 12.2. The molecule has 2 rings (SSSR count). The Balaban J connectivity index is 1.85. The van der Waals surface area contributed by atoms with Crippen LogP contribution in [-0.4, -0.2) is 40.7 Å². The topological polar surface area (TPSA) is 54.5 Å². The minimum atomic E-state index is -0.435. The van der Waals surface area contributed by atoms with E-state index >= 15 is 0 Å². The minimum Gasteiger partial charge on any atom is -0.444 e. The molecule has 0 aliphatic carbocycles. The number of hydrogen-bond acceptors (Lipinski definition) is 4. The molecule has 1 amide bonds. The van der Waals surface area contributed by atoms with Crippen LogP contribution in [0.4, 0.5) is 4.79 Å². The molecule has 0 spiro atoms. The Kier molecular flexibility index (Phi) is 5.99. The molecule has 5 heteroatoms. The molecule has 1 aliphatic rings. The van der Waals surface area contributed by atoms with Crippen molar-refractivity contribution in [2.75, 3.05) is 13.1 Å². The zero-order valence-corrected chi connectivity index (χ0v) is 14.7. The Hall–Kier alpha value is -1.62. The number of carbonyl (C=O) groups is 1. The second-order valence-electron chi connectivity index (χ2n) is 7.27. The number of likely N-dealkylation sites (tertiary alicyclic amines) is 1. The van der Waals surface area contributed by atoms with Gasteiger partial charge < -0.3 is 15.0 Å². The lowest BCUT2D eigenvalue weighted by Gasteiger charge is -2.26. The first-order valence-corrected chi connectivity index (χ1v) is 8.49. The fraction of sp³-hybridized carbons (Fsp3) is 0.667. The molecule has 1 aliphatic heterocycles. The Morgan fingerprint density at radius 1 is 1.39 bits per heavy atom. The van der Waals surface area contributed by atoms with E-state index in [0.717, 1.165) is 32.4 Å². The summed E-state index contributed by atoms with van der Waals surface area (Å²) in [6.07, 6.45) is 6.52. The zero-order valence-electron chi connectivity index (χ0n) is 14.7. The molecule has 1 aromatic rings. The average Bonchev–Trinajstić information content (AvgIpc) is 2.72. The molecule has 5 nitrogen and oxygen atoms in total. The van der Waals surface area contributed by atoms with E-state index in [4.69, 9.17) is 4.74 Å². The lowest BCUT2D eigenvalue weighted by molar-refractivity contribution is 0.0256. The van der Waals surface area contributed by atoms with Gasteiger partial charge in [-0.2, -0.15) is 0 Å². The minimum absolute atomic E-state index is 0.196. The van der Waals surface area contributed by atoms with E-state index in [-0.39, 0.29) is 12.1 Å². The van der Waals surface area contributed by atoms with Crippen molar-refractivity contribution in [3.63, 3.8) is 0 Å². The van der Waals surface area contributed by atoms with Crippen LogP contribution in [-0.2, 0) is 4.74 Å². The predicted molar refractivity (Wildman–Crippen MR) is 91.2 cm³/mol. The van der Waals surface area contributed by atoms with E-state index in [0.29, 0.717) is 6.04 Å². The van der Waals surface area contributed by atoms with Gasteiger partial charge in [0.2, 0.25) is 0 Å². The third-order valence-corrected chi connectivity index (χ3v) is 4.05. The Labute approximate surface area is 139 Å². The first kappa shape index (κ1) is 17.7. The van der Waals surface area contributed by atoms with Gasteiger partial charge >= 0.3 is 6.09 Å². The van der Waals surface area contributed by atoms with Gasteiger partial charge in [-0.15, -0.1) is 0 Å². The maximum absolute atomic E-state index is 12.2. The van der Waals surface area contributed by atoms with Gasteiger partial charge in [-0.05, 0) is 58.6 Å². The molecule has 1 fully saturated rings. The fourth-order valence-corrected chi connectivity index (χ4v) is 2.85. The van der Waals surface area contributed by atoms with Gasteiger partial charge in [0.05, 0.1) is 0 Å². The summed E-state index contributed by atoms with van der Waals surface area (Å²) in [4.78, 5) is 18.2. The third-order valence-electron chi connectivity index (χ3n) is 4.05. The van der Waals surface area contributed by atoms with Crippen LogP contribution in [0.5, 0.6) is 0 Å². The van der Waals surface area contributed by atoms with Crippen molar-refractivity contribution in [1.82, 2.24) is 15.2 Å². The fourth-order valence-electron chi connectivity index (χ4n) is 2.85. The Morgan fingerprint density at radius 2 is 2.17 bits per heavy atom. The zero-order chi connectivity index (χ0) is 16.9. The van der Waals surface area contributed by atoms with E-state index in [1.807, 2.05) is 37.9 Å². The van der Waals surface area contributed by atoms with Gasteiger partial charge in [0.15, 0.2) is 0 Å². The highest BCUT2D eigenvalue weighted by Crippen LogP contribution is 2.18. The molecule has 2 atom stereocenters. The molecule has 0 radical (unpaired) electrons. The van der Waals surface area contributed by atoms with Crippen LogP contribution in [0.1, 0.15) is 58.6 Å². The largest absolute Gasteiger partial charge is 0.444 e. The molecule has 1 N–H and O–H groups in total. The van der Waals surface area contributed by atoms with Crippen molar-refractivity contribution in [2.45, 2.75) is 64.6 Å². The lowest BCUT2D eigenvalue weighted by Crippen LogP contribution is -2.38. The normalized spacial score (nSPS) is 20.7. The van der Waals surface area contributed by atoms with E-state index < -0.39 is 5.60 Å². The van der Waals surface area contributed by atoms with Crippen LogP contribution < -0.4 is 5.32 Å². The lowest BCUT2D eigenvalue weighted by atomic mass is 10.1. The predicted octanol–water partition coefficient (Wildman–Crippen LogP) is 3.52. The summed E-state index contributed by atoms with van der Waals surface area (Å²) in [6, 6.07) is 4.73. The molecule has 128 valence electrons. The van der Waals surface area contributed by atoms with Gasteiger partial charge in [0, 0.05) is 37.6 Å². The van der Waals surface area contributed by atoms with E-state index in [9.17, 15) is 4.79 Å². The second-order valence-corrected chi connectivity index (χ2v) is 7.27. The summed E-state index contributed by atoms with van der Waals surface area (Å²) >= 11 is 0. The SMILES string of the molecule is C[C@@H](NC1CCCN(C(=O)OC(C)(C)C)CC1)c1cccnc1. The van der Waals surface area contributed by atoms with Gasteiger partial charge in [0.25, 0.3) is 0 Å². The number of rotatable bonds is 3. The quantitative estimate of drug-likeness (QED) is 0.926. The Bertz CT molecular complexity index is 499. The number of nitrogens with one attached hydrogen (secondary N) is 1. The van der Waals surface area contributed by atoms with Crippen molar-refractivity contribution < 1.29 is 9.53 Å². The summed E-state index contributed by atoms with van der Waals surface area (Å²) in [5.74, 6) is 0. The molecule has 0 aromatic carbocycles. The van der Waals surface area contributed by atoms with Crippen molar-refractivity contribution in [3.8, 4) is 0 Å². The van der Waals surface area contributed by atoms with Gasteiger partial charge in [-0.1, -0.05) is 6.07 Å². The highest BCUT2D eigenvalue weighted by molar-refractivity contribution is 5.68. The summed E-state index contributed by atoms with van der Waals surface area (Å²) in [5.41, 5.74) is 0.760. The van der Waals surface area contributed by atoms with Gasteiger partial charge in [-0.25, -0.2) is 4.79 Å². The summed E-state index contributed by atoms with van der Waals surface area (Å²) in [7, 11) is 0. The maximum Gasteiger partial charge on any atom is 0.410 e. The summed E-state index contributed by atoms with van der Waals surface area (Å²) < 4.78 is 5.48. The van der Waals surface area contributed by atoms with Crippen molar-refractivity contribution in [3.05, 3.63) is 30.1 Å². The molecular formula is C18H29N3O2. The highest BCUT2D eigenvalue weighted by atomic mass is 16.6. The first-order chi connectivity index (χ1) is 10.8. The van der Waals surface area contributed by atoms with Crippen LogP contribution in [0.3, 0.4) is 0 Å². The standard InChI is InChI=1S/C18H29N3O2/c1-14(15-7-5-10-19-13-15)20-16-8-6-11-21(12-9-16)17(22)23-18(2,3)4/h5,7,10,13-14,16,20H,6,8-9,11-12H2,1-4H3/t14-,16?/m1/s1. The summed E-state index contributed by atoms with van der Waals surface area (Å²) in [5, 5.41) is 3.66. The summed E-state index contributed by atoms with van der Waals surface area (Å²) in [6.45, 7) is 9.39. The number of ether oxygens (including phenoxy) is 1. The molecule has 23 heavy (non-hydrogen) atoms. The third kappa shape index (κ3) is 5.82. The Morgan fingerprint density at radius 3 is 2.83 bits per heavy atom. The number of nitrogens with zero attached hydrogens (tertiary/aromatic N) is 2. The van der Waals surface area contributed by atoms with E-state index in [1.165, 1.54) is 5.56 Å². The second kappa shape index (κ2) is 7.77. The number of pyridine rings is 1. The molecule has 0 bridgehead atoms. The number of carbonyl (C=O) groups excluding carboxylic acids is 1. The molecule has 1 aromatic heterocycles. The molecular weight excluding hydrogens is 290 g/mol. The van der Waals surface area contributed by atoms with Gasteiger partial charge in [0.1, 0.15) is 5.60 Å². The van der Waals surface area contributed by atoms with Crippen LogP contribution in [0.2, 0.25) is 0 Å². The molecule has 1 unspecified atom stereocenters. The van der Waals surface area contributed by atoms with E-state index in [2.05, 4.69) is 23.3 Å². The van der Waals surface area contributed by atoms with Gasteiger partial charge in [-0.3, -0.25) is 4.98 Å². The van der Waals surface area contributed by atoms with Crippen LogP contribution >= 0.6 is 0 Å². The smallest absolute Gasteiger partial charge is 0.410 e. The van der Waals surface area contributed by atoms with E-state index in [1.54, 1.807) is 6.20 Å². The highest BCUT2D eigenvalue weighted by Gasteiger charge is 2.25. The number of amides is 1. The number of aromatic nitrogens is 1. The average molecular weight is 319 g/mol. The van der Waals surface area contributed by atoms with Crippen molar-refractivity contribution in [1.29, 1.82) is 0 Å². The molecule has 1 saturated heterocycles. The molecule has 2 heterocycles. The van der Waals surface area contributed by atoms with Crippen LogP contribution in [0.15, 0.2) is 24.5 Å². The van der Waals surface area contributed by atoms with Crippen LogP contribution in [0.25, 0.3) is 0 Å².